The topological polar surface area (TPSA) is 77.2 Å². The largest absolute Gasteiger partial charge is 0.494 e. The van der Waals surface area contributed by atoms with Crippen molar-refractivity contribution in [3.63, 3.8) is 0 Å². The number of nitrogens with two attached hydrogens (primary N) is 1. The zero-order valence-corrected chi connectivity index (χ0v) is 11.9. The Morgan fingerprint density at radius 3 is 2.85 bits per heavy atom. The maximum absolute atomic E-state index is 12.2. The summed E-state index contributed by atoms with van der Waals surface area (Å²) >= 11 is 5.84. The summed E-state index contributed by atoms with van der Waals surface area (Å²) < 4.78 is 5.16. The maximum Gasteiger partial charge on any atom is 0.259 e. The van der Waals surface area contributed by atoms with Crippen LogP contribution in [0.2, 0.25) is 5.15 Å². The number of aryl methyl sites for hydroxylation is 1. The highest BCUT2D eigenvalue weighted by atomic mass is 35.5. The second kappa shape index (κ2) is 5.79. The van der Waals surface area contributed by atoms with Crippen molar-refractivity contribution in [2.75, 3.05) is 18.2 Å². The molecular formula is C14H14ClN3O2. The van der Waals surface area contributed by atoms with E-state index in [-0.39, 0.29) is 5.91 Å². The Morgan fingerprint density at radius 2 is 2.20 bits per heavy atom. The van der Waals surface area contributed by atoms with Gasteiger partial charge in [0.25, 0.3) is 5.91 Å². The van der Waals surface area contributed by atoms with Gasteiger partial charge in [0.1, 0.15) is 5.15 Å². The van der Waals surface area contributed by atoms with Gasteiger partial charge in [0.15, 0.2) is 5.75 Å². The Hall–Kier alpha value is -2.27. The zero-order valence-electron chi connectivity index (χ0n) is 11.1. The summed E-state index contributed by atoms with van der Waals surface area (Å²) in [6, 6.07) is 6.74. The van der Waals surface area contributed by atoms with Crippen molar-refractivity contribution < 1.29 is 9.53 Å². The molecule has 0 aliphatic rings. The standard InChI is InChI=1S/C14H14ClN3O2/c1-8-6-9(7-17-13(8)15)18-14(19)10-4-3-5-11(16)12(10)20-2/h3-7H,16H2,1-2H3,(H,18,19). The van der Waals surface area contributed by atoms with Crippen molar-refractivity contribution in [2.45, 2.75) is 6.92 Å². The Bertz CT molecular complexity index is 659. The molecule has 20 heavy (non-hydrogen) atoms. The Morgan fingerprint density at radius 1 is 1.45 bits per heavy atom. The van der Waals surface area contributed by atoms with Crippen molar-refractivity contribution in [3.05, 3.63) is 46.7 Å². The number of aromatic nitrogens is 1. The Balaban J connectivity index is 2.28. The lowest BCUT2D eigenvalue weighted by atomic mass is 10.1. The van der Waals surface area contributed by atoms with Crippen LogP contribution in [0.3, 0.4) is 0 Å². The van der Waals surface area contributed by atoms with Crippen LogP contribution in [0.4, 0.5) is 11.4 Å². The molecule has 0 unspecified atom stereocenters. The molecule has 6 heteroatoms. The number of halogens is 1. The highest BCUT2D eigenvalue weighted by Crippen LogP contribution is 2.26. The van der Waals surface area contributed by atoms with Crippen molar-refractivity contribution >= 4 is 28.9 Å². The number of anilines is 2. The van der Waals surface area contributed by atoms with Crippen LogP contribution < -0.4 is 15.8 Å². The van der Waals surface area contributed by atoms with Gasteiger partial charge in [-0.05, 0) is 30.7 Å². The summed E-state index contributed by atoms with van der Waals surface area (Å²) in [6.45, 7) is 1.81. The van der Waals surface area contributed by atoms with Crippen LogP contribution in [-0.2, 0) is 0 Å². The Labute approximate surface area is 121 Å². The number of rotatable bonds is 3. The molecule has 1 heterocycles. The summed E-state index contributed by atoms with van der Waals surface area (Å²) in [7, 11) is 1.47. The van der Waals surface area contributed by atoms with E-state index in [9.17, 15) is 4.79 Å². The molecule has 0 bridgehead atoms. The molecule has 0 atom stereocenters. The van der Waals surface area contributed by atoms with E-state index in [2.05, 4.69) is 10.3 Å². The fourth-order valence-corrected chi connectivity index (χ4v) is 1.89. The zero-order chi connectivity index (χ0) is 14.7. The highest BCUT2D eigenvalue weighted by molar-refractivity contribution is 6.30. The Kier molecular flexibility index (Phi) is 4.10. The molecule has 1 amide bonds. The van der Waals surface area contributed by atoms with Gasteiger partial charge in [-0.15, -0.1) is 0 Å². The first kappa shape index (κ1) is 14.1. The van der Waals surface area contributed by atoms with Crippen LogP contribution in [0.15, 0.2) is 30.5 Å². The minimum Gasteiger partial charge on any atom is -0.494 e. The number of carbonyl (C=O) groups is 1. The van der Waals surface area contributed by atoms with E-state index in [1.165, 1.54) is 13.3 Å². The number of pyridine rings is 1. The van der Waals surface area contributed by atoms with Gasteiger partial charge in [-0.1, -0.05) is 17.7 Å². The number of hydrogen-bond acceptors (Lipinski definition) is 4. The second-order valence-electron chi connectivity index (χ2n) is 4.21. The van der Waals surface area contributed by atoms with Crippen molar-refractivity contribution in [2.24, 2.45) is 0 Å². The third-order valence-corrected chi connectivity index (χ3v) is 3.16. The first-order valence-electron chi connectivity index (χ1n) is 5.89. The number of carbonyl (C=O) groups excluding carboxylic acids is 1. The molecule has 0 saturated carbocycles. The third-order valence-electron chi connectivity index (χ3n) is 2.77. The van der Waals surface area contributed by atoms with Crippen LogP contribution in [0.5, 0.6) is 5.75 Å². The predicted octanol–water partition coefficient (Wildman–Crippen LogP) is 2.89. The predicted molar refractivity (Wildman–Crippen MR) is 79.3 cm³/mol. The second-order valence-corrected chi connectivity index (χ2v) is 4.57. The smallest absolute Gasteiger partial charge is 0.259 e. The van der Waals surface area contributed by atoms with Gasteiger partial charge in [0, 0.05) is 0 Å². The number of para-hydroxylation sites is 1. The molecule has 5 nitrogen and oxygen atoms in total. The van der Waals surface area contributed by atoms with Gasteiger partial charge in [-0.2, -0.15) is 0 Å². The molecule has 0 saturated heterocycles. The van der Waals surface area contributed by atoms with E-state index in [1.54, 1.807) is 24.3 Å². The summed E-state index contributed by atoms with van der Waals surface area (Å²) in [5.41, 5.74) is 7.88. The van der Waals surface area contributed by atoms with Gasteiger partial charge >= 0.3 is 0 Å². The average Bonchev–Trinajstić information content (AvgIpc) is 2.42. The maximum atomic E-state index is 12.2. The molecule has 104 valence electrons. The fraction of sp³-hybridized carbons (Fsp3) is 0.143. The lowest BCUT2D eigenvalue weighted by Gasteiger charge is -2.11. The summed E-state index contributed by atoms with van der Waals surface area (Å²) in [4.78, 5) is 16.2. The minimum absolute atomic E-state index is 0.322. The number of nitrogen functional groups attached to an aromatic ring is 1. The molecule has 2 aromatic rings. The van der Waals surface area contributed by atoms with Gasteiger partial charge < -0.3 is 15.8 Å². The molecule has 2 rings (SSSR count). The summed E-state index contributed by atoms with van der Waals surface area (Å²) in [5, 5.41) is 3.14. The number of nitrogens with one attached hydrogen (secondary N) is 1. The van der Waals surface area contributed by atoms with Gasteiger partial charge in [-0.3, -0.25) is 4.79 Å². The quantitative estimate of drug-likeness (QED) is 0.673. The molecule has 3 N–H and O–H groups in total. The SMILES string of the molecule is COc1c(N)cccc1C(=O)Nc1cnc(Cl)c(C)c1. The molecule has 1 aromatic carbocycles. The van der Waals surface area contributed by atoms with Gasteiger partial charge in [-0.25, -0.2) is 4.98 Å². The third kappa shape index (κ3) is 2.83. The van der Waals surface area contributed by atoms with Crippen LogP contribution >= 0.6 is 11.6 Å². The molecular weight excluding hydrogens is 278 g/mol. The van der Waals surface area contributed by atoms with Crippen molar-refractivity contribution in [1.82, 2.24) is 4.98 Å². The summed E-state index contributed by atoms with van der Waals surface area (Å²) in [5.74, 6) is 0.0290. The van der Waals surface area contributed by atoms with E-state index in [0.717, 1.165) is 5.56 Å². The number of amides is 1. The minimum atomic E-state index is -0.322. The number of ether oxygens (including phenoxy) is 1. The first-order valence-corrected chi connectivity index (χ1v) is 6.26. The van der Waals surface area contributed by atoms with E-state index in [0.29, 0.717) is 27.8 Å². The van der Waals surface area contributed by atoms with Gasteiger partial charge in [0.05, 0.1) is 30.2 Å². The number of methoxy groups -OCH3 is 1. The van der Waals surface area contributed by atoms with E-state index < -0.39 is 0 Å². The molecule has 0 radical (unpaired) electrons. The van der Waals surface area contributed by atoms with Crippen molar-refractivity contribution in [3.8, 4) is 5.75 Å². The van der Waals surface area contributed by atoms with Crippen LogP contribution in [-0.4, -0.2) is 18.0 Å². The molecule has 0 aliphatic carbocycles. The average molecular weight is 292 g/mol. The first-order chi connectivity index (χ1) is 9.52. The van der Waals surface area contributed by atoms with E-state index >= 15 is 0 Å². The normalized spacial score (nSPS) is 10.2. The van der Waals surface area contributed by atoms with Crippen molar-refractivity contribution in [1.29, 1.82) is 0 Å². The summed E-state index contributed by atoms with van der Waals surface area (Å²) in [6.07, 6.45) is 1.49. The lowest BCUT2D eigenvalue weighted by Crippen LogP contribution is -2.14. The number of nitrogens with zero attached hydrogens (tertiary/aromatic N) is 1. The molecule has 0 fully saturated rings. The molecule has 0 aliphatic heterocycles. The van der Waals surface area contributed by atoms with Gasteiger partial charge in [0.2, 0.25) is 0 Å². The highest BCUT2D eigenvalue weighted by Gasteiger charge is 2.14. The van der Waals surface area contributed by atoms with Crippen LogP contribution in [0.1, 0.15) is 15.9 Å². The molecule has 1 aromatic heterocycles. The number of hydrogen-bond donors (Lipinski definition) is 2. The monoisotopic (exact) mass is 291 g/mol. The number of benzene rings is 1. The fourth-order valence-electron chi connectivity index (χ4n) is 1.79. The molecule has 0 spiro atoms. The van der Waals surface area contributed by atoms with E-state index in [4.69, 9.17) is 22.1 Å². The van der Waals surface area contributed by atoms with E-state index in [1.807, 2.05) is 6.92 Å². The van der Waals surface area contributed by atoms with Crippen LogP contribution in [0, 0.1) is 6.92 Å². The lowest BCUT2D eigenvalue weighted by molar-refractivity contribution is 0.102. The van der Waals surface area contributed by atoms with Crippen LogP contribution in [0.25, 0.3) is 0 Å².